The zero-order valence-corrected chi connectivity index (χ0v) is 16.1. The van der Waals surface area contributed by atoms with Crippen LogP contribution in [0.3, 0.4) is 0 Å². The third kappa shape index (κ3) is 3.74. The van der Waals surface area contributed by atoms with Gasteiger partial charge in [0, 0.05) is 18.5 Å². The van der Waals surface area contributed by atoms with Gasteiger partial charge in [-0.15, -0.1) is 0 Å². The summed E-state index contributed by atoms with van der Waals surface area (Å²) in [4.78, 5) is 14.3. The predicted octanol–water partition coefficient (Wildman–Crippen LogP) is 3.18. The summed E-state index contributed by atoms with van der Waals surface area (Å²) in [6, 6.07) is 13.5. The van der Waals surface area contributed by atoms with Crippen LogP contribution in [0.1, 0.15) is 12.5 Å². The molecule has 1 atom stereocenters. The fraction of sp³-hybridized carbons (Fsp3) is 0.333. The molecule has 1 amide bonds. The van der Waals surface area contributed by atoms with Crippen molar-refractivity contribution in [3.05, 3.63) is 54.2 Å². The minimum Gasteiger partial charge on any atom is -0.489 e. The Labute approximate surface area is 163 Å². The lowest BCUT2D eigenvalue weighted by Gasteiger charge is -2.28. The van der Waals surface area contributed by atoms with Crippen molar-refractivity contribution in [2.45, 2.75) is 26.1 Å². The second kappa shape index (κ2) is 7.80. The Bertz CT molecular complexity index is 970. The fourth-order valence-electron chi connectivity index (χ4n) is 3.44. The summed E-state index contributed by atoms with van der Waals surface area (Å²) in [6.45, 7) is 4.23. The van der Waals surface area contributed by atoms with Gasteiger partial charge in [-0.3, -0.25) is 4.68 Å². The topological polar surface area (TPSA) is 68.6 Å². The number of rotatable bonds is 5. The number of anilines is 1. The van der Waals surface area contributed by atoms with Gasteiger partial charge in [0.25, 0.3) is 0 Å². The second-order valence-electron chi connectivity index (χ2n) is 7.05. The molecule has 7 heteroatoms. The zero-order chi connectivity index (χ0) is 19.5. The first-order valence-corrected chi connectivity index (χ1v) is 9.41. The number of nitrogens with one attached hydrogen (secondary N) is 1. The van der Waals surface area contributed by atoms with E-state index in [1.807, 2.05) is 60.3 Å². The molecule has 7 nitrogen and oxygen atoms in total. The minimum atomic E-state index is -0.435. The lowest BCUT2D eigenvalue weighted by molar-refractivity contribution is 0.135. The van der Waals surface area contributed by atoms with Gasteiger partial charge in [-0.1, -0.05) is 30.3 Å². The van der Waals surface area contributed by atoms with E-state index in [0.717, 1.165) is 34.4 Å². The van der Waals surface area contributed by atoms with Gasteiger partial charge in [0.05, 0.1) is 24.8 Å². The maximum Gasteiger partial charge on any atom is 0.407 e. The van der Waals surface area contributed by atoms with Crippen LogP contribution in [0.25, 0.3) is 10.9 Å². The van der Waals surface area contributed by atoms with E-state index in [4.69, 9.17) is 9.47 Å². The van der Waals surface area contributed by atoms with Gasteiger partial charge < -0.3 is 19.7 Å². The van der Waals surface area contributed by atoms with Gasteiger partial charge in [-0.25, -0.2) is 4.79 Å². The van der Waals surface area contributed by atoms with E-state index < -0.39 is 6.09 Å². The molecule has 28 heavy (non-hydrogen) atoms. The van der Waals surface area contributed by atoms with Crippen LogP contribution in [0.4, 0.5) is 10.5 Å². The average molecular weight is 380 g/mol. The molecule has 0 bridgehead atoms. The van der Waals surface area contributed by atoms with Crippen molar-refractivity contribution in [3.8, 4) is 5.75 Å². The first kappa shape index (κ1) is 18.2. The van der Waals surface area contributed by atoms with E-state index in [9.17, 15) is 4.79 Å². The number of aromatic nitrogens is 2. The van der Waals surface area contributed by atoms with Crippen molar-refractivity contribution in [2.75, 3.05) is 25.1 Å². The van der Waals surface area contributed by atoms with E-state index >= 15 is 0 Å². The Morgan fingerprint density at radius 3 is 2.93 bits per heavy atom. The quantitative estimate of drug-likeness (QED) is 0.736. The van der Waals surface area contributed by atoms with Gasteiger partial charge in [-0.2, -0.15) is 5.10 Å². The number of alkyl carbamates (subject to hydrolysis) is 1. The van der Waals surface area contributed by atoms with Gasteiger partial charge in [-0.05, 0) is 24.6 Å². The summed E-state index contributed by atoms with van der Waals surface area (Å²) < 4.78 is 13.0. The van der Waals surface area contributed by atoms with E-state index in [2.05, 4.69) is 22.4 Å². The second-order valence-corrected chi connectivity index (χ2v) is 7.05. The van der Waals surface area contributed by atoms with Gasteiger partial charge in [0.2, 0.25) is 0 Å². The molecule has 0 saturated heterocycles. The third-order valence-corrected chi connectivity index (χ3v) is 4.83. The number of benzene rings is 2. The molecule has 1 N–H and O–H groups in total. The van der Waals surface area contributed by atoms with Crippen molar-refractivity contribution < 1.29 is 14.3 Å². The highest BCUT2D eigenvalue weighted by Crippen LogP contribution is 2.37. The third-order valence-electron chi connectivity index (χ3n) is 4.83. The summed E-state index contributed by atoms with van der Waals surface area (Å²) in [7, 11) is 2.06. The van der Waals surface area contributed by atoms with Crippen LogP contribution >= 0.6 is 0 Å². The normalized spacial score (nSPS) is 14.3. The van der Waals surface area contributed by atoms with Gasteiger partial charge in [0.15, 0.2) is 0 Å². The Morgan fingerprint density at radius 1 is 1.29 bits per heavy atom. The minimum absolute atomic E-state index is 0.142. The molecule has 1 aliphatic rings. The first-order chi connectivity index (χ1) is 13.6. The molecule has 0 unspecified atom stereocenters. The number of hydrogen-bond acceptors (Lipinski definition) is 5. The molecule has 0 aliphatic carbocycles. The Balaban J connectivity index is 1.44. The fourth-order valence-corrected chi connectivity index (χ4v) is 3.44. The Hall–Kier alpha value is -3.22. The molecule has 0 radical (unpaired) electrons. The highest BCUT2D eigenvalue weighted by molar-refractivity contribution is 5.95. The average Bonchev–Trinajstić information content (AvgIpc) is 3.10. The molecule has 2 heterocycles. The Morgan fingerprint density at radius 2 is 2.11 bits per heavy atom. The molecule has 0 spiro atoms. The van der Waals surface area contributed by atoms with E-state index in [1.165, 1.54) is 0 Å². The lowest BCUT2D eigenvalue weighted by atomic mass is 10.1. The summed E-state index contributed by atoms with van der Waals surface area (Å²) in [5.74, 6) is 0.867. The number of carbonyl (C=O) groups is 1. The molecule has 0 saturated carbocycles. The van der Waals surface area contributed by atoms with Crippen LogP contribution in [-0.4, -0.2) is 42.1 Å². The molecule has 2 aromatic carbocycles. The first-order valence-electron chi connectivity index (χ1n) is 9.41. The molecule has 0 fully saturated rings. The van der Waals surface area contributed by atoms with Crippen LogP contribution in [0.2, 0.25) is 0 Å². The molecule has 1 aliphatic heterocycles. The molecule has 1 aromatic heterocycles. The van der Waals surface area contributed by atoms with Crippen molar-refractivity contribution in [1.29, 1.82) is 0 Å². The van der Waals surface area contributed by atoms with Crippen LogP contribution in [0.5, 0.6) is 5.75 Å². The van der Waals surface area contributed by atoms with Crippen molar-refractivity contribution in [3.63, 3.8) is 0 Å². The van der Waals surface area contributed by atoms with Crippen LogP contribution in [0.15, 0.2) is 48.7 Å². The van der Waals surface area contributed by atoms with Gasteiger partial charge in [0.1, 0.15) is 24.7 Å². The highest BCUT2D eigenvalue weighted by Gasteiger charge is 2.22. The smallest absolute Gasteiger partial charge is 0.407 e. The van der Waals surface area contributed by atoms with Crippen LogP contribution in [-0.2, 0) is 17.9 Å². The molecule has 146 valence electrons. The molecule has 3 aromatic rings. The standard InChI is InChI=1S/C21H24N4O3/c1-15(23-21(26)28-14-16-6-4-3-5-7-16)13-25-19-17(12-22-25)8-9-18-20(19)24(2)10-11-27-18/h3-9,12,15H,10-11,13-14H2,1-2H3,(H,23,26)/t15-/m0/s1. The summed E-state index contributed by atoms with van der Waals surface area (Å²) in [5.41, 5.74) is 3.02. The monoisotopic (exact) mass is 380 g/mol. The van der Waals surface area contributed by atoms with Crippen LogP contribution < -0.4 is 15.0 Å². The van der Waals surface area contributed by atoms with E-state index in [0.29, 0.717) is 13.2 Å². The molecule has 4 rings (SSSR count). The number of ether oxygens (including phenoxy) is 2. The predicted molar refractivity (Wildman–Crippen MR) is 108 cm³/mol. The SMILES string of the molecule is C[C@@H](Cn1ncc2ccc3c(c21)N(C)CCO3)NC(=O)OCc1ccccc1. The lowest BCUT2D eigenvalue weighted by Crippen LogP contribution is -2.36. The molecular formula is C21H24N4O3. The number of nitrogens with zero attached hydrogens (tertiary/aromatic N) is 3. The van der Waals surface area contributed by atoms with Crippen molar-refractivity contribution >= 4 is 22.7 Å². The summed E-state index contributed by atoms with van der Waals surface area (Å²) in [5, 5.41) is 8.45. The van der Waals surface area contributed by atoms with Gasteiger partial charge >= 0.3 is 6.09 Å². The highest BCUT2D eigenvalue weighted by atomic mass is 16.5. The van der Waals surface area contributed by atoms with Crippen LogP contribution in [0, 0.1) is 0 Å². The van der Waals surface area contributed by atoms with Crippen molar-refractivity contribution in [2.24, 2.45) is 0 Å². The number of amides is 1. The summed E-state index contributed by atoms with van der Waals surface area (Å²) >= 11 is 0. The number of likely N-dealkylation sites (N-methyl/N-ethyl adjacent to an activating group) is 1. The maximum atomic E-state index is 12.1. The summed E-state index contributed by atoms with van der Waals surface area (Å²) in [6.07, 6.45) is 1.41. The van der Waals surface area contributed by atoms with E-state index in [-0.39, 0.29) is 12.6 Å². The number of fused-ring (bicyclic) bond motifs is 3. The maximum absolute atomic E-state index is 12.1. The zero-order valence-electron chi connectivity index (χ0n) is 16.1. The van der Waals surface area contributed by atoms with Crippen molar-refractivity contribution in [1.82, 2.24) is 15.1 Å². The van der Waals surface area contributed by atoms with E-state index in [1.54, 1.807) is 0 Å². The largest absolute Gasteiger partial charge is 0.489 e. The number of hydrogen-bond donors (Lipinski definition) is 1. The Kier molecular flexibility index (Phi) is 5.06. The number of carbonyl (C=O) groups excluding carboxylic acids is 1. The molecular weight excluding hydrogens is 356 g/mol.